The van der Waals surface area contributed by atoms with Gasteiger partial charge in [0, 0.05) is 18.3 Å². The average Bonchev–Trinajstić information content (AvgIpc) is 3.26. The van der Waals surface area contributed by atoms with Crippen LogP contribution in [0.5, 0.6) is 0 Å². The lowest BCUT2D eigenvalue weighted by atomic mass is 10.1. The summed E-state index contributed by atoms with van der Waals surface area (Å²) in [7, 11) is -2.53. The third-order valence-electron chi connectivity index (χ3n) is 5.97. The molecule has 2 atom stereocenters. The molecule has 1 aromatic rings. The van der Waals surface area contributed by atoms with Crippen molar-refractivity contribution in [2.24, 2.45) is 0 Å². The predicted octanol–water partition coefficient (Wildman–Crippen LogP) is 4.92. The van der Waals surface area contributed by atoms with Crippen LogP contribution >= 0.6 is 35.7 Å². The third kappa shape index (κ3) is 5.93. The Balaban J connectivity index is 1.17. The summed E-state index contributed by atoms with van der Waals surface area (Å²) in [5.74, 6) is 0.826. The van der Waals surface area contributed by atoms with Crippen molar-refractivity contribution in [2.45, 2.75) is 80.8 Å². The van der Waals surface area contributed by atoms with Gasteiger partial charge in [0.1, 0.15) is 3.53 Å². The van der Waals surface area contributed by atoms with Gasteiger partial charge in [0.25, 0.3) is 0 Å². The second-order valence-corrected chi connectivity index (χ2v) is 15.2. The molecule has 2 heterocycles. The van der Waals surface area contributed by atoms with Gasteiger partial charge in [0.15, 0.2) is 0 Å². The summed E-state index contributed by atoms with van der Waals surface area (Å²) < 4.78 is 18.9. The Morgan fingerprint density at radius 2 is 1.84 bits per heavy atom. The van der Waals surface area contributed by atoms with E-state index in [2.05, 4.69) is 17.4 Å². The van der Waals surface area contributed by atoms with Crippen LogP contribution in [-0.2, 0) is 23.8 Å². The van der Waals surface area contributed by atoms with E-state index < -0.39 is 13.6 Å². The minimum absolute atomic E-state index is 0.00599. The molecule has 3 fully saturated rings. The van der Waals surface area contributed by atoms with E-state index in [1.54, 1.807) is 11.8 Å². The Kier molecular flexibility index (Phi) is 7.83. The topological polar surface area (TPSA) is 56.8 Å². The molecule has 0 aromatic heterocycles. The van der Waals surface area contributed by atoms with Crippen molar-refractivity contribution in [1.29, 1.82) is 0 Å². The van der Waals surface area contributed by atoms with Crippen molar-refractivity contribution < 1.29 is 18.1 Å². The molecule has 1 N–H and O–H groups in total. The van der Waals surface area contributed by atoms with E-state index in [1.165, 1.54) is 30.2 Å². The molecule has 1 aromatic carbocycles. The van der Waals surface area contributed by atoms with Gasteiger partial charge in [-0.15, -0.1) is 11.8 Å². The fraction of sp³-hybridized carbons (Fsp3) is 0.636. The quantitative estimate of drug-likeness (QED) is 0.311. The summed E-state index contributed by atoms with van der Waals surface area (Å²) in [6, 6.07) is 11.0. The summed E-state index contributed by atoms with van der Waals surface area (Å²) in [5.41, 5.74) is 1.23. The van der Waals surface area contributed by atoms with Crippen LogP contribution in [0, 0.1) is 0 Å². The number of hydrogen-bond donors (Lipinski definition) is 1. The van der Waals surface area contributed by atoms with Gasteiger partial charge >= 0.3 is 8.80 Å². The van der Waals surface area contributed by atoms with Gasteiger partial charge in [0.2, 0.25) is 5.91 Å². The predicted molar refractivity (Wildman–Crippen MR) is 133 cm³/mol. The zero-order chi connectivity index (χ0) is 21.9. The van der Waals surface area contributed by atoms with E-state index in [4.69, 9.17) is 25.5 Å². The van der Waals surface area contributed by atoms with Crippen molar-refractivity contribution in [2.75, 3.05) is 6.54 Å². The van der Waals surface area contributed by atoms with Crippen LogP contribution in [0.15, 0.2) is 30.3 Å². The van der Waals surface area contributed by atoms with E-state index in [0.29, 0.717) is 6.54 Å². The molecule has 3 aliphatic rings. The zero-order valence-corrected chi connectivity index (χ0v) is 21.6. The number of fused-ring (bicyclic) bond motifs is 1. The van der Waals surface area contributed by atoms with Gasteiger partial charge in [-0.2, -0.15) is 0 Å². The number of rotatable bonds is 8. The Bertz CT molecular complexity index is 773. The summed E-state index contributed by atoms with van der Waals surface area (Å²) in [4.78, 5) is 12.8. The monoisotopic (exact) mass is 497 g/mol. The molecule has 1 amide bonds. The Hall–Kier alpha value is -0.423. The number of carbonyl (C=O) groups excluding carboxylic acids is 1. The van der Waals surface area contributed by atoms with Crippen LogP contribution in [0.25, 0.3) is 0 Å². The van der Waals surface area contributed by atoms with Crippen LogP contribution in [0.3, 0.4) is 0 Å². The molecule has 1 aliphatic carbocycles. The summed E-state index contributed by atoms with van der Waals surface area (Å²) in [6.45, 7) is 4.44. The molecule has 1 saturated carbocycles. The molecule has 2 aliphatic heterocycles. The zero-order valence-electron chi connectivity index (χ0n) is 18.1. The first-order valence-corrected chi connectivity index (χ1v) is 15.2. The first-order valence-electron chi connectivity index (χ1n) is 11.1. The number of carbonyl (C=O) groups is 1. The molecule has 5 nitrogen and oxygen atoms in total. The Morgan fingerprint density at radius 3 is 2.52 bits per heavy atom. The normalized spacial score (nSPS) is 29.5. The van der Waals surface area contributed by atoms with Crippen molar-refractivity contribution in [3.8, 4) is 0 Å². The number of thiocarbonyl (C=S) groups is 1. The molecule has 0 radical (unpaired) electrons. The van der Waals surface area contributed by atoms with Gasteiger partial charge in [-0.25, -0.2) is 0 Å². The van der Waals surface area contributed by atoms with Crippen molar-refractivity contribution in [3.63, 3.8) is 0 Å². The molecular formula is C22H31NO4S3Si. The second kappa shape index (κ2) is 10.2. The van der Waals surface area contributed by atoms with Crippen LogP contribution < -0.4 is 5.32 Å². The van der Waals surface area contributed by atoms with Crippen molar-refractivity contribution >= 4 is 54.0 Å². The summed E-state index contributed by atoms with van der Waals surface area (Å²) in [5, 5.41) is 3.07. The van der Waals surface area contributed by atoms with Crippen LogP contribution in [-0.4, -0.2) is 47.8 Å². The fourth-order valence-corrected chi connectivity index (χ4v) is 10.5. The molecule has 2 saturated heterocycles. The minimum Gasteiger partial charge on any atom is -0.368 e. The van der Waals surface area contributed by atoms with Crippen LogP contribution in [0.4, 0.5) is 0 Å². The summed E-state index contributed by atoms with van der Waals surface area (Å²) >= 11 is 8.57. The highest BCUT2D eigenvalue weighted by molar-refractivity contribution is 8.47. The lowest BCUT2D eigenvalue weighted by Crippen LogP contribution is -2.46. The maximum Gasteiger partial charge on any atom is 0.502 e. The van der Waals surface area contributed by atoms with E-state index in [9.17, 15) is 4.79 Å². The fourth-order valence-electron chi connectivity index (χ4n) is 4.31. The van der Waals surface area contributed by atoms with E-state index in [1.807, 2.05) is 32.0 Å². The number of hydrogen-bond acceptors (Lipinski definition) is 7. The molecule has 0 spiro atoms. The van der Waals surface area contributed by atoms with Crippen LogP contribution in [0.1, 0.15) is 51.5 Å². The largest absolute Gasteiger partial charge is 0.502 e. The van der Waals surface area contributed by atoms with Crippen molar-refractivity contribution in [1.82, 2.24) is 5.32 Å². The maximum atomic E-state index is 12.8. The Labute approximate surface area is 200 Å². The first kappa shape index (κ1) is 23.7. The maximum absolute atomic E-state index is 12.8. The van der Waals surface area contributed by atoms with E-state index in [-0.39, 0.29) is 24.2 Å². The molecule has 2 bridgehead atoms. The van der Waals surface area contributed by atoms with E-state index in [0.717, 1.165) is 34.6 Å². The molecule has 4 rings (SSSR count). The highest BCUT2D eigenvalue weighted by atomic mass is 32.2. The number of thioether (sulfide) groups is 2. The lowest BCUT2D eigenvalue weighted by molar-refractivity contribution is -0.122. The SMILES string of the molecule is CC(C)(SC(=S)SCc1ccccc1)C(=O)NCCC[Si]12OC3CCCCC(O1)C3O2. The van der Waals surface area contributed by atoms with Gasteiger partial charge in [-0.3, -0.25) is 4.79 Å². The second-order valence-electron chi connectivity index (χ2n) is 8.86. The Morgan fingerprint density at radius 1 is 1.16 bits per heavy atom. The lowest BCUT2D eigenvalue weighted by Gasteiger charge is -2.28. The van der Waals surface area contributed by atoms with Gasteiger partial charge in [-0.1, -0.05) is 67.2 Å². The highest BCUT2D eigenvalue weighted by Crippen LogP contribution is 2.45. The molecule has 2 unspecified atom stereocenters. The van der Waals surface area contributed by atoms with Crippen LogP contribution in [0.2, 0.25) is 6.04 Å². The van der Waals surface area contributed by atoms with Gasteiger partial charge < -0.3 is 18.6 Å². The molecule has 170 valence electrons. The van der Waals surface area contributed by atoms with Gasteiger partial charge in [-0.05, 0) is 38.7 Å². The average molecular weight is 498 g/mol. The van der Waals surface area contributed by atoms with Crippen molar-refractivity contribution in [3.05, 3.63) is 35.9 Å². The minimum atomic E-state index is -2.53. The standard InChI is InChI=1S/C22H31NO4S3Si/c1-22(2,30-21(28)29-15-16-9-4-3-5-10-16)20(24)23-13-8-14-31-25-17-11-6-7-12-18(26-31)19(17)27-31/h3-5,9-10,17-19H,6-8,11-15H2,1-2H3,(H,23,24). The molecule has 31 heavy (non-hydrogen) atoms. The number of benzene rings is 1. The highest BCUT2D eigenvalue weighted by Gasteiger charge is 2.63. The summed E-state index contributed by atoms with van der Waals surface area (Å²) in [6.07, 6.45) is 5.98. The number of nitrogens with one attached hydrogen (secondary N) is 1. The smallest absolute Gasteiger partial charge is 0.368 e. The van der Waals surface area contributed by atoms with E-state index >= 15 is 0 Å². The first-order chi connectivity index (χ1) is 14.9. The molecule has 9 heteroatoms. The molecular weight excluding hydrogens is 467 g/mol. The van der Waals surface area contributed by atoms with Gasteiger partial charge in [0.05, 0.1) is 23.1 Å². The third-order valence-corrected chi connectivity index (χ3v) is 11.7. The number of amides is 1.